The maximum atomic E-state index is 13.3. The number of nitrogens with one attached hydrogen (secondary N) is 1. The first-order chi connectivity index (χ1) is 23.9. The molecule has 4 aromatic carbocycles. The third-order valence-electron chi connectivity index (χ3n) is 8.52. The zero-order valence-electron chi connectivity index (χ0n) is 27.3. The monoisotopic (exact) mass is 749 g/mol. The Balaban J connectivity index is 1.29. The molecule has 0 fully saturated rings. The first-order valence-electron chi connectivity index (χ1n) is 15.9. The minimum Gasteiger partial charge on any atom is -0.748 e. The van der Waals surface area contributed by atoms with Crippen molar-refractivity contribution in [3.8, 4) is 0 Å². The standard InChI is InChI=1S/C36H35ClN4O6S3/c1-23-8-12-27(13-9-23)39(24(2)36(43)44)18-16-32(42)38-22-41-29-20-26(37)11-15-30(29)48-34(41)21-33-40(17-5-19-50(45,46)47)35-28-7-4-3-6-25(28)10-14-31(35)49-33/h3-4,6-15,20-21,24H,5,16-19,22H2,1-2H3,(H2-,38,42,43,44,45,46,47)/p-1. The number of aryl methyl sites for hydroxylation is 2. The lowest BCUT2D eigenvalue weighted by molar-refractivity contribution is -0.667. The highest BCUT2D eigenvalue weighted by atomic mass is 35.5. The van der Waals surface area contributed by atoms with Crippen LogP contribution in [-0.2, 0) is 26.3 Å². The number of anilines is 2. The lowest BCUT2D eigenvalue weighted by atomic mass is 10.1. The molecule has 14 heteroatoms. The number of carbonyl (C=O) groups is 2. The van der Waals surface area contributed by atoms with Gasteiger partial charge in [0.1, 0.15) is 4.70 Å². The van der Waals surface area contributed by atoms with E-state index in [2.05, 4.69) is 16.0 Å². The van der Waals surface area contributed by atoms with Crippen LogP contribution < -0.4 is 24.8 Å². The van der Waals surface area contributed by atoms with Gasteiger partial charge in [0, 0.05) is 40.7 Å². The van der Waals surface area contributed by atoms with Crippen molar-refractivity contribution in [1.82, 2.24) is 5.32 Å². The summed E-state index contributed by atoms with van der Waals surface area (Å²) in [6.45, 7) is 4.08. The van der Waals surface area contributed by atoms with Crippen LogP contribution in [0.4, 0.5) is 11.4 Å². The average Bonchev–Trinajstić information content (AvgIpc) is 3.60. The number of nitrogens with zero attached hydrogens (tertiary/aromatic N) is 3. The number of carbonyl (C=O) groups excluding carboxylic acids is 2. The zero-order valence-corrected chi connectivity index (χ0v) is 30.5. The fourth-order valence-corrected chi connectivity index (χ4v) is 8.88. The van der Waals surface area contributed by atoms with Crippen molar-refractivity contribution in [2.75, 3.05) is 28.8 Å². The van der Waals surface area contributed by atoms with E-state index in [-0.39, 0.29) is 32.0 Å². The van der Waals surface area contributed by atoms with E-state index >= 15 is 0 Å². The lowest BCUT2D eigenvalue weighted by Crippen LogP contribution is -2.48. The van der Waals surface area contributed by atoms with Crippen LogP contribution in [-0.4, -0.2) is 49.9 Å². The predicted octanol–water partition coefficient (Wildman–Crippen LogP) is 5.26. The molecule has 1 aromatic heterocycles. The third kappa shape index (κ3) is 8.08. The molecule has 1 aliphatic heterocycles. The number of thiazole rings is 1. The summed E-state index contributed by atoms with van der Waals surface area (Å²) in [6, 6.07) is 24.1. The number of rotatable bonds is 13. The van der Waals surface area contributed by atoms with Crippen molar-refractivity contribution in [3.05, 3.63) is 99.5 Å². The van der Waals surface area contributed by atoms with E-state index in [0.717, 1.165) is 47.2 Å². The first kappa shape index (κ1) is 35.7. The molecule has 260 valence electrons. The number of carboxylic acid groups (broad SMARTS) is 1. The van der Waals surface area contributed by atoms with Gasteiger partial charge in [-0.25, -0.2) is 8.42 Å². The molecule has 1 aliphatic rings. The van der Waals surface area contributed by atoms with Gasteiger partial charge in [0.2, 0.25) is 11.4 Å². The van der Waals surface area contributed by atoms with Gasteiger partial charge in [-0.2, -0.15) is 4.57 Å². The van der Waals surface area contributed by atoms with Crippen LogP contribution in [0.15, 0.2) is 88.8 Å². The Hall–Kier alpha value is -4.14. The molecular formula is C36H34ClN4O6S3-. The number of amides is 1. The summed E-state index contributed by atoms with van der Waals surface area (Å²) in [4.78, 5) is 29.6. The number of fused-ring (bicyclic) bond motifs is 4. The van der Waals surface area contributed by atoms with E-state index in [4.69, 9.17) is 11.6 Å². The lowest BCUT2D eigenvalue weighted by Gasteiger charge is -2.32. The Morgan fingerprint density at radius 1 is 1.08 bits per heavy atom. The molecule has 0 spiro atoms. The van der Waals surface area contributed by atoms with Crippen LogP contribution in [0.1, 0.15) is 30.3 Å². The summed E-state index contributed by atoms with van der Waals surface area (Å²) in [7, 11) is -4.39. The molecule has 10 nitrogen and oxygen atoms in total. The Morgan fingerprint density at radius 2 is 1.84 bits per heavy atom. The number of aromatic nitrogens is 1. The van der Waals surface area contributed by atoms with Gasteiger partial charge in [-0.1, -0.05) is 76.7 Å². The fraction of sp³-hybridized carbons (Fsp3) is 0.250. The normalized spacial score (nSPS) is 14.3. The summed E-state index contributed by atoms with van der Waals surface area (Å²) in [5.74, 6) is -1.97. The van der Waals surface area contributed by atoms with Crippen LogP contribution in [0.25, 0.3) is 27.1 Å². The quantitative estimate of drug-likeness (QED) is 0.126. The van der Waals surface area contributed by atoms with E-state index in [9.17, 15) is 27.7 Å². The second-order valence-corrected chi connectivity index (χ2v) is 16.1. The number of carboxylic acids is 1. The molecule has 0 bridgehead atoms. The Kier molecular flexibility index (Phi) is 10.7. The minimum atomic E-state index is -4.39. The van der Waals surface area contributed by atoms with E-state index in [1.807, 2.05) is 84.6 Å². The summed E-state index contributed by atoms with van der Waals surface area (Å²) < 4.78 is 37.5. The molecule has 1 amide bonds. The zero-order chi connectivity index (χ0) is 35.6. The fourth-order valence-electron chi connectivity index (χ4n) is 5.94. The molecular weight excluding hydrogens is 716 g/mol. The van der Waals surface area contributed by atoms with Crippen LogP contribution in [0.2, 0.25) is 5.02 Å². The van der Waals surface area contributed by atoms with Gasteiger partial charge >= 0.3 is 0 Å². The number of thioether (sulfide) groups is 1. The highest BCUT2D eigenvalue weighted by molar-refractivity contribution is 8.03. The van der Waals surface area contributed by atoms with Crippen molar-refractivity contribution in [3.63, 3.8) is 0 Å². The number of aliphatic carboxylic acids is 1. The van der Waals surface area contributed by atoms with Crippen LogP contribution in [0, 0.1) is 6.92 Å². The molecule has 1 unspecified atom stereocenters. The maximum Gasteiger partial charge on any atom is 0.265 e. The number of benzene rings is 4. The molecule has 0 aliphatic carbocycles. The van der Waals surface area contributed by atoms with E-state index in [0.29, 0.717) is 17.3 Å². The predicted molar refractivity (Wildman–Crippen MR) is 197 cm³/mol. The molecule has 6 rings (SSSR count). The summed E-state index contributed by atoms with van der Waals surface area (Å²) in [5, 5.41) is 19.0. The molecule has 0 radical (unpaired) electrons. The van der Waals surface area contributed by atoms with E-state index in [1.165, 1.54) is 18.7 Å². The van der Waals surface area contributed by atoms with E-state index in [1.54, 1.807) is 22.3 Å². The van der Waals surface area contributed by atoms with Gasteiger partial charge in [-0.05, 0) is 61.7 Å². The van der Waals surface area contributed by atoms with Crippen molar-refractivity contribution < 1.29 is 32.2 Å². The molecule has 1 atom stereocenters. The van der Waals surface area contributed by atoms with Crippen molar-refractivity contribution in [2.45, 2.75) is 44.2 Å². The minimum absolute atomic E-state index is 0.0416. The highest BCUT2D eigenvalue weighted by Gasteiger charge is 2.29. The second kappa shape index (κ2) is 15.0. The summed E-state index contributed by atoms with van der Waals surface area (Å²) >= 11 is 9.49. The van der Waals surface area contributed by atoms with E-state index < -0.39 is 27.9 Å². The van der Waals surface area contributed by atoms with Crippen molar-refractivity contribution in [2.24, 2.45) is 0 Å². The van der Waals surface area contributed by atoms with Gasteiger partial charge in [0.05, 0.1) is 51.0 Å². The Morgan fingerprint density at radius 3 is 2.58 bits per heavy atom. The Bertz CT molecular complexity index is 2220. The average molecular weight is 750 g/mol. The van der Waals surface area contributed by atoms with Gasteiger partial charge in [0.15, 0.2) is 6.54 Å². The largest absolute Gasteiger partial charge is 0.748 e. The SMILES string of the molecule is Cc1ccc(N(CCC(=O)NCN2C(=Cc3sc4ccc5ccccc5c4[n+]3CCCS(=O)(=O)[O-])Sc3ccc(Cl)cc32)C(C)C(=O)[O-])cc1. The third-order valence-corrected chi connectivity index (χ3v) is 11.8. The van der Waals surface area contributed by atoms with Gasteiger partial charge < -0.3 is 29.6 Å². The topological polar surface area (TPSA) is 137 Å². The first-order valence-corrected chi connectivity index (χ1v) is 19.5. The summed E-state index contributed by atoms with van der Waals surface area (Å²) in [5.41, 5.74) is 3.49. The Labute approximate surface area is 303 Å². The van der Waals surface area contributed by atoms with Crippen LogP contribution in [0.5, 0.6) is 0 Å². The van der Waals surface area contributed by atoms with Gasteiger partial charge in [0.25, 0.3) is 5.01 Å². The van der Waals surface area contributed by atoms with Crippen LogP contribution in [0.3, 0.4) is 0 Å². The van der Waals surface area contributed by atoms with Crippen molar-refractivity contribution in [1.29, 1.82) is 0 Å². The highest BCUT2D eigenvalue weighted by Crippen LogP contribution is 2.47. The van der Waals surface area contributed by atoms with Gasteiger partial charge in [-0.3, -0.25) is 4.79 Å². The second-order valence-electron chi connectivity index (χ2n) is 12.0. The number of hydrogen-bond donors (Lipinski definition) is 1. The molecule has 1 N–H and O–H groups in total. The molecule has 5 aromatic rings. The maximum absolute atomic E-state index is 13.3. The molecule has 50 heavy (non-hydrogen) atoms. The van der Waals surface area contributed by atoms with Crippen LogP contribution >= 0.6 is 34.7 Å². The molecule has 0 saturated carbocycles. The van der Waals surface area contributed by atoms with Crippen molar-refractivity contribution >= 4 is 95.1 Å². The smallest absolute Gasteiger partial charge is 0.265 e. The molecule has 0 saturated heterocycles. The number of halogens is 1. The molecule has 2 heterocycles. The summed E-state index contributed by atoms with van der Waals surface area (Å²) in [6.07, 6.45) is 2.21. The van der Waals surface area contributed by atoms with Gasteiger partial charge in [-0.15, -0.1) is 0 Å². The number of hydrogen-bond acceptors (Lipinski definition) is 10.